The number of hydrogen-bond donors (Lipinski definition) is 3. The van der Waals surface area contributed by atoms with E-state index < -0.39 is 5.97 Å². The summed E-state index contributed by atoms with van der Waals surface area (Å²) in [5, 5.41) is 8.59. The van der Waals surface area contributed by atoms with Gasteiger partial charge in [0.15, 0.2) is 0 Å². The quantitative estimate of drug-likeness (QED) is 0.691. The highest BCUT2D eigenvalue weighted by Gasteiger charge is 2.14. The molecule has 6 heteroatoms. The summed E-state index contributed by atoms with van der Waals surface area (Å²) in [7, 11) is 0. The van der Waals surface area contributed by atoms with Crippen LogP contribution in [0.25, 0.3) is 0 Å². The van der Waals surface area contributed by atoms with Crippen LogP contribution in [0.15, 0.2) is 4.79 Å². The molecule has 0 radical (unpaired) electrons. The predicted molar refractivity (Wildman–Crippen MR) is 59.3 cm³/mol. The third-order valence-electron chi connectivity index (χ3n) is 2.20. The second kappa shape index (κ2) is 4.78. The number of aliphatic carboxylic acids is 1. The Morgan fingerprint density at radius 2 is 2.19 bits per heavy atom. The Hall–Kier alpha value is -1.85. The van der Waals surface area contributed by atoms with Gasteiger partial charge >= 0.3 is 5.97 Å². The Bertz CT molecular complexity index is 451. The van der Waals surface area contributed by atoms with E-state index in [4.69, 9.17) is 10.8 Å². The highest BCUT2D eigenvalue weighted by atomic mass is 16.4. The van der Waals surface area contributed by atoms with Crippen molar-refractivity contribution < 1.29 is 9.90 Å². The second-order valence-corrected chi connectivity index (χ2v) is 3.86. The third-order valence-corrected chi connectivity index (χ3v) is 2.20. The van der Waals surface area contributed by atoms with Crippen LogP contribution in [-0.2, 0) is 11.2 Å². The molecule has 0 fully saturated rings. The van der Waals surface area contributed by atoms with Crippen LogP contribution in [0.5, 0.6) is 0 Å². The van der Waals surface area contributed by atoms with Crippen molar-refractivity contribution in [1.29, 1.82) is 0 Å². The molecule has 88 valence electrons. The molecule has 0 saturated heterocycles. The molecule has 0 unspecified atom stereocenters. The molecule has 0 bridgehead atoms. The van der Waals surface area contributed by atoms with E-state index in [-0.39, 0.29) is 30.3 Å². The molecule has 4 N–H and O–H groups in total. The summed E-state index contributed by atoms with van der Waals surface area (Å²) in [4.78, 5) is 28.5. The fourth-order valence-electron chi connectivity index (χ4n) is 1.48. The van der Waals surface area contributed by atoms with E-state index >= 15 is 0 Å². The third kappa shape index (κ3) is 2.82. The summed E-state index contributed by atoms with van der Waals surface area (Å²) in [5.74, 6) is -0.841. The molecular weight excluding hydrogens is 210 g/mol. The Morgan fingerprint density at radius 3 is 2.69 bits per heavy atom. The van der Waals surface area contributed by atoms with Crippen LogP contribution in [0.4, 0.5) is 5.95 Å². The van der Waals surface area contributed by atoms with Gasteiger partial charge in [0, 0.05) is 12.0 Å². The van der Waals surface area contributed by atoms with E-state index in [9.17, 15) is 9.59 Å². The minimum absolute atomic E-state index is 0.0356. The molecular formula is C10H15N3O3. The van der Waals surface area contributed by atoms with Crippen molar-refractivity contribution in [3.63, 3.8) is 0 Å². The van der Waals surface area contributed by atoms with Gasteiger partial charge < -0.3 is 10.8 Å². The number of carboxylic acid groups (broad SMARTS) is 1. The molecule has 0 aliphatic heterocycles. The number of hydrogen-bond acceptors (Lipinski definition) is 4. The van der Waals surface area contributed by atoms with E-state index in [2.05, 4.69) is 9.97 Å². The summed E-state index contributed by atoms with van der Waals surface area (Å²) < 4.78 is 0. The second-order valence-electron chi connectivity index (χ2n) is 3.86. The average Bonchev–Trinajstić information content (AvgIpc) is 2.14. The molecule has 1 rings (SSSR count). The summed E-state index contributed by atoms with van der Waals surface area (Å²) in [6, 6.07) is 0. The smallest absolute Gasteiger partial charge is 0.303 e. The lowest BCUT2D eigenvalue weighted by Gasteiger charge is -2.10. The van der Waals surface area contributed by atoms with Gasteiger partial charge in [-0.15, -0.1) is 0 Å². The van der Waals surface area contributed by atoms with Crippen LogP contribution in [0, 0.1) is 0 Å². The SMILES string of the molecule is CC(C)c1nc(N)[nH]c(=O)c1CCC(=O)O. The predicted octanol–water partition coefficient (Wildman–Crippen LogP) is 0.493. The van der Waals surface area contributed by atoms with Gasteiger partial charge in [0.1, 0.15) is 0 Å². The molecule has 0 spiro atoms. The largest absolute Gasteiger partial charge is 0.481 e. The van der Waals surface area contributed by atoms with Gasteiger partial charge in [-0.3, -0.25) is 14.6 Å². The first-order valence-electron chi connectivity index (χ1n) is 5.02. The molecule has 1 aromatic heterocycles. The lowest BCUT2D eigenvalue weighted by Crippen LogP contribution is -2.21. The molecule has 0 saturated carbocycles. The lowest BCUT2D eigenvalue weighted by molar-refractivity contribution is -0.136. The Kier molecular flexibility index (Phi) is 3.65. The first kappa shape index (κ1) is 12.2. The maximum Gasteiger partial charge on any atom is 0.303 e. The number of nitrogens with zero attached hydrogens (tertiary/aromatic N) is 1. The van der Waals surface area contributed by atoms with E-state index in [1.165, 1.54) is 0 Å². The van der Waals surface area contributed by atoms with Crippen molar-refractivity contribution in [3.05, 3.63) is 21.6 Å². The zero-order valence-electron chi connectivity index (χ0n) is 9.28. The molecule has 16 heavy (non-hydrogen) atoms. The van der Waals surface area contributed by atoms with E-state index in [0.29, 0.717) is 11.3 Å². The summed E-state index contributed by atoms with van der Waals surface area (Å²) >= 11 is 0. The molecule has 0 aliphatic carbocycles. The zero-order chi connectivity index (χ0) is 12.3. The fourth-order valence-corrected chi connectivity index (χ4v) is 1.48. The van der Waals surface area contributed by atoms with Crippen LogP contribution < -0.4 is 11.3 Å². The summed E-state index contributed by atoms with van der Waals surface area (Å²) in [6.07, 6.45) is 0.0832. The number of nitrogens with one attached hydrogen (secondary N) is 1. The number of nitrogens with two attached hydrogens (primary N) is 1. The maximum absolute atomic E-state index is 11.6. The number of aromatic amines is 1. The number of anilines is 1. The van der Waals surface area contributed by atoms with Crippen molar-refractivity contribution >= 4 is 11.9 Å². The number of aromatic nitrogens is 2. The van der Waals surface area contributed by atoms with E-state index in [1.807, 2.05) is 13.8 Å². The topological polar surface area (TPSA) is 109 Å². The number of nitrogen functional groups attached to an aromatic ring is 1. The van der Waals surface area contributed by atoms with Crippen molar-refractivity contribution in [2.24, 2.45) is 0 Å². The zero-order valence-corrected chi connectivity index (χ0v) is 9.28. The van der Waals surface area contributed by atoms with E-state index in [1.54, 1.807) is 0 Å². The van der Waals surface area contributed by atoms with Gasteiger partial charge in [-0.2, -0.15) is 0 Å². The van der Waals surface area contributed by atoms with Crippen LogP contribution in [0.1, 0.15) is 37.4 Å². The first-order chi connectivity index (χ1) is 7.41. The van der Waals surface area contributed by atoms with Gasteiger partial charge in [-0.1, -0.05) is 13.8 Å². The van der Waals surface area contributed by atoms with E-state index in [0.717, 1.165) is 0 Å². The molecule has 0 aromatic carbocycles. The maximum atomic E-state index is 11.6. The minimum atomic E-state index is -0.939. The molecule has 0 aliphatic rings. The Labute approximate surface area is 92.5 Å². The highest BCUT2D eigenvalue weighted by molar-refractivity contribution is 5.67. The normalized spacial score (nSPS) is 10.7. The van der Waals surface area contributed by atoms with Gasteiger partial charge in [-0.05, 0) is 12.3 Å². The number of rotatable bonds is 4. The van der Waals surface area contributed by atoms with Crippen LogP contribution in [-0.4, -0.2) is 21.0 Å². The van der Waals surface area contributed by atoms with Crippen LogP contribution in [0.2, 0.25) is 0 Å². The molecule has 0 atom stereocenters. The van der Waals surface area contributed by atoms with Crippen molar-refractivity contribution in [3.8, 4) is 0 Å². The minimum Gasteiger partial charge on any atom is -0.481 e. The van der Waals surface area contributed by atoms with Gasteiger partial charge in [-0.25, -0.2) is 4.98 Å². The number of carboxylic acids is 1. The summed E-state index contributed by atoms with van der Waals surface area (Å²) in [6.45, 7) is 3.76. The molecule has 1 heterocycles. The highest BCUT2D eigenvalue weighted by Crippen LogP contribution is 2.15. The van der Waals surface area contributed by atoms with Gasteiger partial charge in [0.25, 0.3) is 5.56 Å². The van der Waals surface area contributed by atoms with Crippen molar-refractivity contribution in [2.45, 2.75) is 32.6 Å². The molecule has 1 aromatic rings. The fraction of sp³-hybridized carbons (Fsp3) is 0.500. The van der Waals surface area contributed by atoms with Gasteiger partial charge in [0.05, 0.1) is 5.69 Å². The number of carbonyl (C=O) groups is 1. The Morgan fingerprint density at radius 1 is 1.56 bits per heavy atom. The molecule has 0 amide bonds. The van der Waals surface area contributed by atoms with Crippen molar-refractivity contribution in [1.82, 2.24) is 9.97 Å². The monoisotopic (exact) mass is 225 g/mol. The number of H-pyrrole nitrogens is 1. The lowest BCUT2D eigenvalue weighted by atomic mass is 10.0. The standard InChI is InChI=1S/C10H15N3O3/c1-5(2)8-6(3-4-7(14)15)9(16)13-10(11)12-8/h5H,3-4H2,1-2H3,(H,14,15)(H3,11,12,13,16). The summed E-state index contributed by atoms with van der Waals surface area (Å²) in [5.41, 5.74) is 6.07. The first-order valence-corrected chi connectivity index (χ1v) is 5.02. The van der Waals surface area contributed by atoms with Crippen molar-refractivity contribution in [2.75, 3.05) is 5.73 Å². The van der Waals surface area contributed by atoms with Crippen LogP contribution in [0.3, 0.4) is 0 Å². The van der Waals surface area contributed by atoms with Crippen LogP contribution >= 0.6 is 0 Å². The average molecular weight is 225 g/mol. The molecule has 6 nitrogen and oxygen atoms in total. The Balaban J connectivity index is 3.14. The van der Waals surface area contributed by atoms with Gasteiger partial charge in [0.2, 0.25) is 5.95 Å².